The van der Waals surface area contributed by atoms with Gasteiger partial charge in [0, 0.05) is 0 Å². The van der Waals surface area contributed by atoms with Crippen molar-refractivity contribution >= 4 is 34.1 Å². The van der Waals surface area contributed by atoms with Gasteiger partial charge in [0.15, 0.2) is 5.65 Å². The highest BCUT2D eigenvalue weighted by atomic mass is 35.5. The van der Waals surface area contributed by atoms with E-state index in [4.69, 9.17) is 11.6 Å². The first kappa shape index (κ1) is 11.9. The highest BCUT2D eigenvalue weighted by Gasteiger charge is 2.10. The lowest BCUT2D eigenvalue weighted by Crippen LogP contribution is -1.98. The molecule has 2 N–H and O–H groups in total. The maximum Gasteiger partial charge on any atom is 0.226 e. The molecule has 1 aromatic carbocycles. The Labute approximate surface area is 112 Å². The molecule has 7 heteroatoms. The Morgan fingerprint density at radius 2 is 2.16 bits per heavy atom. The third kappa shape index (κ3) is 2.22. The minimum absolute atomic E-state index is 0.0618. The fraction of sp³-hybridized carbons (Fsp3) is 0.0833. The topological polar surface area (TPSA) is 66.5 Å². The number of H-pyrrole nitrogens is 1. The van der Waals surface area contributed by atoms with E-state index in [1.54, 1.807) is 18.3 Å². The van der Waals surface area contributed by atoms with Gasteiger partial charge in [-0.25, -0.2) is 4.39 Å². The second kappa shape index (κ2) is 4.47. The van der Waals surface area contributed by atoms with Gasteiger partial charge in [0.05, 0.1) is 17.3 Å². The molecular formula is C12H9ClFN5. The number of aromatic amines is 1. The van der Waals surface area contributed by atoms with Crippen LogP contribution in [0.5, 0.6) is 0 Å². The van der Waals surface area contributed by atoms with Gasteiger partial charge in [0.25, 0.3) is 0 Å². The minimum Gasteiger partial charge on any atom is -0.337 e. The van der Waals surface area contributed by atoms with Crippen LogP contribution in [0.1, 0.15) is 5.56 Å². The Morgan fingerprint density at radius 3 is 2.95 bits per heavy atom. The summed E-state index contributed by atoms with van der Waals surface area (Å²) < 4.78 is 13.8. The zero-order chi connectivity index (χ0) is 13.4. The van der Waals surface area contributed by atoms with Crippen LogP contribution in [-0.4, -0.2) is 20.2 Å². The standard InChI is InChI=1S/C12H9ClFN5/c1-6-2-3-9(8(14)4-6)16-10-7-5-15-19-11(7)18-12(13)17-10/h2-5H,1H3,(H2,15,16,17,18,19). The molecule has 0 aliphatic carbocycles. The highest BCUT2D eigenvalue weighted by Crippen LogP contribution is 2.25. The largest absolute Gasteiger partial charge is 0.337 e. The molecule has 0 aliphatic heterocycles. The number of nitrogens with one attached hydrogen (secondary N) is 2. The molecule has 0 bridgehead atoms. The number of aromatic nitrogens is 4. The van der Waals surface area contributed by atoms with E-state index in [0.29, 0.717) is 22.5 Å². The van der Waals surface area contributed by atoms with Crippen molar-refractivity contribution in [3.8, 4) is 0 Å². The SMILES string of the molecule is Cc1ccc(Nc2nc(Cl)nc3[nH]ncc23)c(F)c1. The minimum atomic E-state index is -0.355. The van der Waals surface area contributed by atoms with Crippen LogP contribution >= 0.6 is 11.6 Å². The smallest absolute Gasteiger partial charge is 0.226 e. The molecule has 0 radical (unpaired) electrons. The van der Waals surface area contributed by atoms with Crippen molar-refractivity contribution in [3.05, 3.63) is 41.1 Å². The van der Waals surface area contributed by atoms with E-state index in [2.05, 4.69) is 25.5 Å². The zero-order valence-corrected chi connectivity index (χ0v) is 10.7. The number of hydrogen-bond donors (Lipinski definition) is 2. The van der Waals surface area contributed by atoms with Crippen molar-refractivity contribution < 1.29 is 4.39 Å². The van der Waals surface area contributed by atoms with Crippen LogP contribution in [0, 0.1) is 12.7 Å². The number of halogens is 2. The quantitative estimate of drug-likeness (QED) is 0.706. The molecule has 3 rings (SSSR count). The van der Waals surface area contributed by atoms with Crippen LogP contribution in [-0.2, 0) is 0 Å². The van der Waals surface area contributed by atoms with Gasteiger partial charge in [0.1, 0.15) is 11.6 Å². The number of rotatable bonds is 2. The van der Waals surface area contributed by atoms with Crippen molar-refractivity contribution in [3.63, 3.8) is 0 Å². The van der Waals surface area contributed by atoms with E-state index in [0.717, 1.165) is 5.56 Å². The number of benzene rings is 1. The van der Waals surface area contributed by atoms with Crippen molar-refractivity contribution in [2.75, 3.05) is 5.32 Å². The molecule has 19 heavy (non-hydrogen) atoms. The Balaban J connectivity index is 2.07. The van der Waals surface area contributed by atoms with E-state index in [9.17, 15) is 4.39 Å². The van der Waals surface area contributed by atoms with E-state index >= 15 is 0 Å². The third-order valence-corrected chi connectivity index (χ3v) is 2.83. The number of nitrogens with zero attached hydrogens (tertiary/aromatic N) is 3. The van der Waals surface area contributed by atoms with Gasteiger partial charge in [-0.15, -0.1) is 0 Å². The lowest BCUT2D eigenvalue weighted by atomic mass is 10.2. The fourth-order valence-corrected chi connectivity index (χ4v) is 1.92. The number of fused-ring (bicyclic) bond motifs is 1. The van der Waals surface area contributed by atoms with E-state index in [-0.39, 0.29) is 11.1 Å². The zero-order valence-electron chi connectivity index (χ0n) is 9.91. The van der Waals surface area contributed by atoms with Gasteiger partial charge in [0.2, 0.25) is 5.28 Å². The average molecular weight is 278 g/mol. The van der Waals surface area contributed by atoms with Gasteiger partial charge in [-0.05, 0) is 36.2 Å². The number of hydrogen-bond acceptors (Lipinski definition) is 4. The van der Waals surface area contributed by atoms with Gasteiger partial charge in [-0.2, -0.15) is 15.1 Å². The van der Waals surface area contributed by atoms with Crippen LogP contribution in [0.3, 0.4) is 0 Å². The Hall–Kier alpha value is -2.21. The fourth-order valence-electron chi connectivity index (χ4n) is 1.75. The molecule has 0 spiro atoms. The molecule has 3 aromatic rings. The molecule has 0 fully saturated rings. The summed E-state index contributed by atoms with van der Waals surface area (Å²) in [6.07, 6.45) is 1.56. The molecule has 2 aromatic heterocycles. The normalized spacial score (nSPS) is 10.9. The van der Waals surface area contributed by atoms with Crippen molar-refractivity contribution in [2.24, 2.45) is 0 Å². The maximum atomic E-state index is 13.8. The summed E-state index contributed by atoms with van der Waals surface area (Å²) >= 11 is 5.81. The first-order valence-electron chi connectivity index (χ1n) is 5.53. The summed E-state index contributed by atoms with van der Waals surface area (Å²) in [6, 6.07) is 4.89. The molecule has 2 heterocycles. The first-order valence-corrected chi connectivity index (χ1v) is 5.91. The lowest BCUT2D eigenvalue weighted by Gasteiger charge is -2.08. The summed E-state index contributed by atoms with van der Waals surface area (Å²) in [7, 11) is 0. The monoisotopic (exact) mass is 277 g/mol. The summed E-state index contributed by atoms with van der Waals surface area (Å²) in [4.78, 5) is 8.03. The summed E-state index contributed by atoms with van der Waals surface area (Å²) in [5.41, 5.74) is 1.66. The summed E-state index contributed by atoms with van der Waals surface area (Å²) in [6.45, 7) is 1.82. The van der Waals surface area contributed by atoms with Crippen LogP contribution in [0.2, 0.25) is 5.28 Å². The summed E-state index contributed by atoms with van der Waals surface area (Å²) in [5, 5.41) is 10.2. The molecule has 0 saturated carbocycles. The van der Waals surface area contributed by atoms with E-state index in [1.807, 2.05) is 6.92 Å². The predicted molar refractivity (Wildman–Crippen MR) is 71.1 cm³/mol. The molecule has 0 aliphatic rings. The van der Waals surface area contributed by atoms with Gasteiger partial charge < -0.3 is 5.32 Å². The maximum absolute atomic E-state index is 13.8. The van der Waals surface area contributed by atoms with E-state index < -0.39 is 0 Å². The summed E-state index contributed by atoms with van der Waals surface area (Å²) in [5.74, 6) is 0.0536. The Bertz CT molecular complexity index is 755. The van der Waals surface area contributed by atoms with Crippen LogP contribution in [0.25, 0.3) is 11.0 Å². The van der Waals surface area contributed by atoms with Crippen molar-refractivity contribution in [1.82, 2.24) is 20.2 Å². The second-order valence-corrected chi connectivity index (χ2v) is 4.42. The molecule has 96 valence electrons. The molecule has 0 atom stereocenters. The lowest BCUT2D eigenvalue weighted by molar-refractivity contribution is 0.630. The predicted octanol–water partition coefficient (Wildman–Crippen LogP) is 3.20. The van der Waals surface area contributed by atoms with Gasteiger partial charge in [-0.1, -0.05) is 6.07 Å². The Kier molecular flexibility index (Phi) is 2.79. The van der Waals surface area contributed by atoms with Gasteiger partial charge >= 0.3 is 0 Å². The molecular weight excluding hydrogens is 269 g/mol. The first-order chi connectivity index (χ1) is 9.13. The van der Waals surface area contributed by atoms with Crippen LogP contribution in [0.15, 0.2) is 24.4 Å². The molecule has 0 unspecified atom stereocenters. The van der Waals surface area contributed by atoms with Crippen molar-refractivity contribution in [1.29, 1.82) is 0 Å². The number of aryl methyl sites for hydroxylation is 1. The van der Waals surface area contributed by atoms with Crippen LogP contribution in [0.4, 0.5) is 15.9 Å². The van der Waals surface area contributed by atoms with Gasteiger partial charge in [-0.3, -0.25) is 5.10 Å². The third-order valence-electron chi connectivity index (χ3n) is 2.66. The molecule has 0 saturated heterocycles. The van der Waals surface area contributed by atoms with Crippen molar-refractivity contribution in [2.45, 2.75) is 6.92 Å². The molecule has 5 nitrogen and oxygen atoms in total. The van der Waals surface area contributed by atoms with Crippen LogP contribution < -0.4 is 5.32 Å². The average Bonchev–Trinajstić information content (AvgIpc) is 2.80. The van der Waals surface area contributed by atoms with E-state index in [1.165, 1.54) is 6.07 Å². The number of anilines is 2. The second-order valence-electron chi connectivity index (χ2n) is 4.08. The molecule has 0 amide bonds. The highest BCUT2D eigenvalue weighted by molar-refractivity contribution is 6.28. The Morgan fingerprint density at radius 1 is 1.32 bits per heavy atom.